The fourth-order valence-electron chi connectivity index (χ4n) is 6.00. The number of ether oxygens (including phenoxy) is 2. The zero-order chi connectivity index (χ0) is 42.6. The van der Waals surface area contributed by atoms with Crippen molar-refractivity contribution in [3.8, 4) is 0 Å². The van der Waals surface area contributed by atoms with Gasteiger partial charge in [-0.05, 0) is 77.0 Å². The van der Waals surface area contributed by atoms with E-state index in [0.29, 0.717) is 13.0 Å². The van der Waals surface area contributed by atoms with Crippen molar-refractivity contribution in [1.82, 2.24) is 0 Å². The van der Waals surface area contributed by atoms with Crippen molar-refractivity contribution in [2.24, 2.45) is 5.73 Å². The minimum Gasteiger partial charge on any atom is -0.480 e. The predicted octanol–water partition coefficient (Wildman–Crippen LogP) is 12.8. The Hall–Kier alpha value is -2.33. The molecule has 4 N–H and O–H groups in total. The summed E-state index contributed by atoms with van der Waals surface area (Å²) in [5.74, 6) is -1.79. The van der Waals surface area contributed by atoms with Gasteiger partial charge in [-0.15, -0.1) is 0 Å². The van der Waals surface area contributed by atoms with Crippen LogP contribution in [0.15, 0.2) is 60.8 Å². The smallest absolute Gasteiger partial charge is 0.472 e. The van der Waals surface area contributed by atoms with Gasteiger partial charge in [0.2, 0.25) is 0 Å². The van der Waals surface area contributed by atoms with Crippen LogP contribution < -0.4 is 5.73 Å². The number of phosphoric ester groups is 1. The lowest BCUT2D eigenvalue weighted by Gasteiger charge is -2.20. The van der Waals surface area contributed by atoms with Gasteiger partial charge in [-0.1, -0.05) is 164 Å². The zero-order valence-electron chi connectivity index (χ0n) is 36.6. The van der Waals surface area contributed by atoms with E-state index in [4.69, 9.17) is 29.4 Å². The van der Waals surface area contributed by atoms with Gasteiger partial charge < -0.3 is 25.2 Å². The normalized spacial score (nSPS) is 14.4. The zero-order valence-corrected chi connectivity index (χ0v) is 37.5. The Morgan fingerprint density at radius 1 is 0.569 bits per heavy atom. The Bertz CT molecular complexity index is 1150. The predicted molar refractivity (Wildman–Crippen MR) is 240 cm³/mol. The number of esters is 1. The first-order valence-corrected chi connectivity index (χ1v) is 24.3. The number of hydrogen-bond donors (Lipinski definition) is 3. The molecule has 0 amide bonds. The summed E-state index contributed by atoms with van der Waals surface area (Å²) in [5, 5.41) is 8.91. The molecule has 0 radical (unpaired) electrons. The second kappa shape index (κ2) is 42.8. The van der Waals surface area contributed by atoms with Gasteiger partial charge in [-0.25, -0.2) is 4.57 Å². The molecule has 0 saturated carbocycles. The molecular formula is C47H84NO9P. The highest BCUT2D eigenvalue weighted by atomic mass is 31.2. The lowest BCUT2D eigenvalue weighted by molar-refractivity contribution is -0.154. The van der Waals surface area contributed by atoms with Crippen LogP contribution >= 0.6 is 7.82 Å². The summed E-state index contributed by atoms with van der Waals surface area (Å²) in [5.41, 5.74) is 5.36. The SMILES string of the molecule is CC/C=C\C/C=C\C/C=C\CCCCCCCCCCOCC(COP(=O)(O)OCC(N)C(=O)O)OC(=O)CCCCCCCCC/C=C\C/C=C\CCCCCC. The van der Waals surface area contributed by atoms with Gasteiger partial charge in [-0.2, -0.15) is 0 Å². The van der Waals surface area contributed by atoms with Crippen molar-refractivity contribution < 1.29 is 42.7 Å². The molecule has 336 valence electrons. The Kier molecular flexibility index (Phi) is 41.1. The lowest BCUT2D eigenvalue weighted by atomic mass is 10.1. The molecule has 0 aliphatic carbocycles. The number of hydrogen-bond acceptors (Lipinski definition) is 8. The number of carbonyl (C=O) groups excluding carboxylic acids is 1. The largest absolute Gasteiger partial charge is 0.480 e. The molecule has 0 fully saturated rings. The third-order valence-electron chi connectivity index (χ3n) is 9.53. The fourth-order valence-corrected chi connectivity index (χ4v) is 6.78. The molecule has 0 spiro atoms. The second-order valence-electron chi connectivity index (χ2n) is 15.1. The van der Waals surface area contributed by atoms with Gasteiger partial charge >= 0.3 is 19.8 Å². The van der Waals surface area contributed by atoms with Crippen molar-refractivity contribution in [2.75, 3.05) is 26.4 Å². The van der Waals surface area contributed by atoms with Crippen LogP contribution in [0.4, 0.5) is 0 Å². The maximum atomic E-state index is 12.7. The van der Waals surface area contributed by atoms with Gasteiger partial charge in [0.1, 0.15) is 12.1 Å². The molecule has 58 heavy (non-hydrogen) atoms. The van der Waals surface area contributed by atoms with Crippen LogP contribution in [0, 0.1) is 0 Å². The average molecular weight is 838 g/mol. The first kappa shape index (κ1) is 55.7. The topological polar surface area (TPSA) is 155 Å². The Morgan fingerprint density at radius 3 is 1.50 bits per heavy atom. The first-order valence-electron chi connectivity index (χ1n) is 22.8. The minimum atomic E-state index is -4.62. The van der Waals surface area contributed by atoms with Gasteiger partial charge in [0.05, 0.1) is 19.8 Å². The molecule has 0 rings (SSSR count). The molecule has 0 heterocycles. The highest BCUT2D eigenvalue weighted by molar-refractivity contribution is 7.47. The van der Waals surface area contributed by atoms with E-state index in [0.717, 1.165) is 77.0 Å². The molecule has 11 heteroatoms. The van der Waals surface area contributed by atoms with Crippen molar-refractivity contribution in [3.05, 3.63) is 60.8 Å². The van der Waals surface area contributed by atoms with E-state index in [2.05, 4.69) is 74.6 Å². The molecule has 0 aliphatic heterocycles. The highest BCUT2D eigenvalue weighted by Gasteiger charge is 2.27. The molecule has 3 unspecified atom stereocenters. The van der Waals surface area contributed by atoms with E-state index < -0.39 is 45.1 Å². The number of phosphoric acid groups is 1. The van der Waals surface area contributed by atoms with E-state index >= 15 is 0 Å². The number of allylic oxidation sites excluding steroid dienone is 10. The van der Waals surface area contributed by atoms with Crippen LogP contribution in [0.25, 0.3) is 0 Å². The van der Waals surface area contributed by atoms with Crippen molar-refractivity contribution in [2.45, 2.75) is 199 Å². The number of nitrogens with two attached hydrogens (primary N) is 1. The summed E-state index contributed by atoms with van der Waals surface area (Å²) in [6.45, 7) is 3.73. The molecule has 0 aromatic rings. The number of rotatable bonds is 43. The summed E-state index contributed by atoms with van der Waals surface area (Å²) in [6.07, 6.45) is 51.2. The first-order chi connectivity index (χ1) is 28.2. The standard InChI is InChI=1S/C47H84NO9P/c1-3-5-7-9-11-13-15-17-19-21-23-25-27-29-31-33-35-37-39-46(49)57-44(42-55-58(52,53)56-43-45(48)47(50)51)41-54-40-38-36-34-32-30-28-26-24-22-20-18-16-14-12-10-8-6-4-2/h6,8,12-15,18-21,44-45H,3-5,7,9-11,16-17,22-43,48H2,1-2H3,(H,50,51)(H,52,53)/b8-6-,14-12-,15-13-,20-18-,21-19-. The maximum absolute atomic E-state index is 12.7. The molecule has 0 bridgehead atoms. The van der Waals surface area contributed by atoms with Crippen molar-refractivity contribution in [1.29, 1.82) is 0 Å². The number of carboxylic acid groups (broad SMARTS) is 1. The molecule has 0 aromatic carbocycles. The molecule has 0 aromatic heterocycles. The van der Waals surface area contributed by atoms with Gasteiger partial charge in [0, 0.05) is 13.0 Å². The van der Waals surface area contributed by atoms with Crippen LogP contribution in [0.3, 0.4) is 0 Å². The van der Waals surface area contributed by atoms with E-state index in [-0.39, 0.29) is 13.0 Å². The summed E-state index contributed by atoms with van der Waals surface area (Å²) in [6, 6.07) is -1.48. The van der Waals surface area contributed by atoms with Crippen LogP contribution in [0.2, 0.25) is 0 Å². The van der Waals surface area contributed by atoms with Gasteiger partial charge in [-0.3, -0.25) is 18.6 Å². The monoisotopic (exact) mass is 838 g/mol. The molecule has 10 nitrogen and oxygen atoms in total. The Labute approximate surface area is 353 Å². The van der Waals surface area contributed by atoms with Crippen LogP contribution in [0.5, 0.6) is 0 Å². The molecule has 3 atom stereocenters. The van der Waals surface area contributed by atoms with Gasteiger partial charge in [0.15, 0.2) is 0 Å². The van der Waals surface area contributed by atoms with E-state index in [1.54, 1.807) is 0 Å². The fraction of sp³-hybridized carbons (Fsp3) is 0.745. The number of unbranched alkanes of at least 4 members (excludes halogenated alkanes) is 19. The van der Waals surface area contributed by atoms with E-state index in [1.807, 2.05) is 0 Å². The third kappa shape index (κ3) is 41.8. The molecule has 0 aliphatic rings. The molecular weight excluding hydrogens is 753 g/mol. The van der Waals surface area contributed by atoms with Gasteiger partial charge in [0.25, 0.3) is 0 Å². The van der Waals surface area contributed by atoms with E-state index in [1.165, 1.54) is 83.5 Å². The lowest BCUT2D eigenvalue weighted by Crippen LogP contribution is -2.34. The number of carbonyl (C=O) groups is 2. The van der Waals surface area contributed by atoms with Crippen LogP contribution in [0.1, 0.15) is 187 Å². The summed E-state index contributed by atoms with van der Waals surface area (Å²) in [4.78, 5) is 33.6. The Morgan fingerprint density at radius 2 is 1.00 bits per heavy atom. The summed E-state index contributed by atoms with van der Waals surface area (Å²) in [7, 11) is -4.62. The average Bonchev–Trinajstić information content (AvgIpc) is 3.20. The van der Waals surface area contributed by atoms with E-state index in [9.17, 15) is 19.0 Å². The maximum Gasteiger partial charge on any atom is 0.472 e. The number of carboxylic acids is 1. The summed E-state index contributed by atoms with van der Waals surface area (Å²) < 4.78 is 33.4. The minimum absolute atomic E-state index is 0.00638. The van der Waals surface area contributed by atoms with Crippen LogP contribution in [-0.2, 0) is 32.7 Å². The Balaban J connectivity index is 4.24. The van der Waals surface area contributed by atoms with Crippen LogP contribution in [-0.4, -0.2) is 60.5 Å². The van der Waals surface area contributed by atoms with Crippen molar-refractivity contribution >= 4 is 19.8 Å². The second-order valence-corrected chi connectivity index (χ2v) is 16.6. The highest BCUT2D eigenvalue weighted by Crippen LogP contribution is 2.43. The quantitative estimate of drug-likeness (QED) is 0.0234. The molecule has 0 saturated heterocycles. The van der Waals surface area contributed by atoms with Crippen molar-refractivity contribution in [3.63, 3.8) is 0 Å². The number of aliphatic carboxylic acids is 1. The summed E-state index contributed by atoms with van der Waals surface area (Å²) >= 11 is 0. The third-order valence-corrected chi connectivity index (χ3v) is 10.5.